The summed E-state index contributed by atoms with van der Waals surface area (Å²) in [5.41, 5.74) is 33.1. The highest BCUT2D eigenvalue weighted by molar-refractivity contribution is 6.22. The zero-order chi connectivity index (χ0) is 94.6. The van der Waals surface area contributed by atoms with Crippen molar-refractivity contribution in [2.45, 2.75) is 0 Å². The van der Waals surface area contributed by atoms with Crippen molar-refractivity contribution >= 4 is 196 Å². The van der Waals surface area contributed by atoms with Gasteiger partial charge in [0.15, 0.2) is 0 Å². The molecule has 0 aliphatic rings. The lowest BCUT2D eigenvalue weighted by Crippen LogP contribution is -1.96. The first kappa shape index (κ1) is 81.8. The highest BCUT2D eigenvalue weighted by atomic mass is 15.0. The Bertz CT molecular complexity index is 10700. The van der Waals surface area contributed by atoms with Crippen LogP contribution in [0.5, 0.6) is 0 Å². The molecule has 0 bridgehead atoms. The van der Waals surface area contributed by atoms with Gasteiger partial charge in [0.2, 0.25) is 0 Å². The molecule has 0 saturated carbocycles. The molecule has 9 nitrogen and oxygen atoms in total. The van der Waals surface area contributed by atoms with Gasteiger partial charge in [-0.3, -0.25) is 0 Å². The van der Waals surface area contributed by atoms with Gasteiger partial charge in [0.05, 0.1) is 106 Å². The Balaban J connectivity index is 0.000000103. The van der Waals surface area contributed by atoms with E-state index < -0.39 is 0 Å². The highest BCUT2D eigenvalue weighted by Gasteiger charge is 2.26. The lowest BCUT2D eigenvalue weighted by Gasteiger charge is -2.12. The first-order chi connectivity index (χ1) is 71.5. The van der Waals surface area contributed by atoms with Crippen LogP contribution in [-0.4, -0.2) is 42.4 Å². The van der Waals surface area contributed by atoms with E-state index in [0.717, 1.165) is 73.1 Å². The maximum absolute atomic E-state index is 5.23. The minimum atomic E-state index is 1.01. The van der Waals surface area contributed by atoms with Gasteiger partial charge >= 0.3 is 0 Å². The van der Waals surface area contributed by atoms with Crippen molar-refractivity contribution in [3.63, 3.8) is 0 Å². The molecule has 0 aliphatic carbocycles. The van der Waals surface area contributed by atoms with E-state index in [0.29, 0.717) is 0 Å². The Morgan fingerprint density at radius 3 is 0.792 bits per heavy atom. The van der Waals surface area contributed by atoms with Crippen LogP contribution in [0, 0.1) is 0 Å². The van der Waals surface area contributed by atoms with E-state index in [2.05, 4.69) is 543 Å². The third kappa shape index (κ3) is 12.9. The molecule has 0 N–H and O–H groups in total. The van der Waals surface area contributed by atoms with Crippen LogP contribution in [0.25, 0.3) is 275 Å². The summed E-state index contributed by atoms with van der Waals surface area (Å²) in [6.45, 7) is 0. The zero-order valence-corrected chi connectivity index (χ0v) is 78.1. The van der Waals surface area contributed by atoms with E-state index in [1.807, 2.05) is 0 Å². The van der Waals surface area contributed by atoms with Crippen LogP contribution in [0.2, 0.25) is 0 Å². The van der Waals surface area contributed by atoms with E-state index in [1.165, 1.54) is 202 Å². The summed E-state index contributed by atoms with van der Waals surface area (Å²) in [5, 5.41) is 25.6. The van der Waals surface area contributed by atoms with Crippen LogP contribution in [0.15, 0.2) is 516 Å². The summed E-state index contributed by atoms with van der Waals surface area (Å²) in [6, 6.07) is 186. The monoisotopic (exact) mass is 1830 g/mol. The molecule has 0 spiro atoms. The van der Waals surface area contributed by atoms with E-state index in [1.54, 1.807) is 0 Å². The van der Waals surface area contributed by atoms with Crippen LogP contribution >= 0.6 is 0 Å². The molecule has 31 aromatic rings. The Labute approximate surface area is 827 Å². The van der Waals surface area contributed by atoms with Gasteiger partial charge in [0.1, 0.15) is 0 Å². The van der Waals surface area contributed by atoms with Crippen LogP contribution in [0.1, 0.15) is 0 Å². The Kier molecular flexibility index (Phi) is 18.9. The fourth-order valence-electron chi connectivity index (χ4n) is 23.5. The minimum Gasteiger partial charge on any atom is -0.309 e. The number of pyridine rings is 3. The third-order valence-corrected chi connectivity index (χ3v) is 29.7. The van der Waals surface area contributed by atoms with Crippen molar-refractivity contribution in [1.82, 2.24) is 42.4 Å². The fourth-order valence-corrected chi connectivity index (χ4v) is 23.5. The maximum atomic E-state index is 5.23. The lowest BCUT2D eigenvalue weighted by atomic mass is 9.98. The van der Waals surface area contributed by atoms with Crippen molar-refractivity contribution in [1.29, 1.82) is 0 Å². The summed E-state index contributed by atoms with van der Waals surface area (Å²) < 4.78 is 14.4. The molecule has 9 heteroatoms. The van der Waals surface area contributed by atoms with Crippen LogP contribution in [-0.2, 0) is 0 Å². The molecule has 0 amide bonds. The summed E-state index contributed by atoms with van der Waals surface area (Å²) in [4.78, 5) is 15.7. The van der Waals surface area contributed by atoms with Gasteiger partial charge in [-0.1, -0.05) is 340 Å². The third-order valence-electron chi connectivity index (χ3n) is 29.7. The van der Waals surface area contributed by atoms with Gasteiger partial charge in [0, 0.05) is 142 Å². The molecule has 144 heavy (non-hydrogen) atoms. The molecule has 0 fully saturated rings. The lowest BCUT2D eigenvalue weighted by molar-refractivity contribution is 1.16. The topological polar surface area (TPSA) is 68.2 Å². The van der Waals surface area contributed by atoms with Crippen molar-refractivity contribution in [2.24, 2.45) is 0 Å². The van der Waals surface area contributed by atoms with Gasteiger partial charge in [-0.2, -0.15) is 0 Å². The van der Waals surface area contributed by atoms with Crippen LogP contribution in [0.4, 0.5) is 0 Å². The summed E-state index contributed by atoms with van der Waals surface area (Å²) in [7, 11) is 0. The van der Waals surface area contributed by atoms with Crippen molar-refractivity contribution in [2.75, 3.05) is 0 Å². The molecule has 0 radical (unpaired) electrons. The highest BCUT2D eigenvalue weighted by Crippen LogP contribution is 2.48. The van der Waals surface area contributed by atoms with Gasteiger partial charge in [-0.25, -0.2) is 15.0 Å². The standard InChI is InChI=1S/C49H31N3.2C43H27N3/c1-2-15-34(16-3-1)51-45-26-11-8-22-41(45)48-36(23-13-27-47(48)51)32-14-12-17-35(30-32)52-44-25-10-7-20-39(44)42-31-33(28-29-46(42)52)49-40-21-5-4-18-37(40)38-19-6-9-24-43(38)50-49;1-2-12-29(13-3-1)45-39-20-10-8-17-34(39)37-27-30(23-25-42(37)45)46-40-21-11-7-16-33(40)36-26-28(22-24-41(36)46)43-35-18-5-4-14-31(35)32-15-6-9-19-38(32)44-43;1-2-13-29(14-3-1)45-38-22-11-8-19-34(38)42-40(45)23-12-24-41(42)46-37-21-10-7-17-32(37)35-27-28(25-26-39(35)46)43-33-18-5-4-15-30(33)31-16-6-9-20-36(31)44-43/h1-31H;2*1-27H. The molecule has 9 heterocycles. The van der Waals surface area contributed by atoms with Crippen molar-refractivity contribution < 1.29 is 0 Å². The van der Waals surface area contributed by atoms with E-state index >= 15 is 0 Å². The molecule has 0 aliphatic heterocycles. The minimum absolute atomic E-state index is 1.01. The van der Waals surface area contributed by atoms with E-state index in [9.17, 15) is 0 Å². The van der Waals surface area contributed by atoms with E-state index in [-0.39, 0.29) is 0 Å². The molecular formula is C135H85N9. The molecule has 0 unspecified atom stereocenters. The Morgan fingerprint density at radius 2 is 0.382 bits per heavy atom. The SMILES string of the molecule is c1ccc(-n2c3ccccc3c3c(-c4cccc(-n5c6ccccc6c6cc(-c7nc8ccccc8c8ccccc78)ccc65)c4)cccc32)cc1.c1ccc(-n2c3ccccc3c3c(-n4c5ccccc5c5cc(-c6nc7ccccc7c7ccccc67)ccc54)cccc32)cc1.c1ccc(-n2c3ccccc3c3cc(-n4c5ccccc5c5cc(-c6nc7ccccc7c7ccccc67)ccc54)ccc32)cc1. The molecule has 22 aromatic carbocycles. The number of hydrogen-bond donors (Lipinski definition) is 0. The van der Waals surface area contributed by atoms with Crippen LogP contribution in [0.3, 0.4) is 0 Å². The molecular weight excluding hydrogens is 1750 g/mol. The van der Waals surface area contributed by atoms with Gasteiger partial charge < -0.3 is 27.4 Å². The number of fused-ring (bicyclic) bond motifs is 27. The molecule has 31 rings (SSSR count). The number of rotatable bonds is 10. The van der Waals surface area contributed by atoms with Crippen molar-refractivity contribution in [3.05, 3.63) is 516 Å². The Hall–Kier alpha value is -19.4. The maximum Gasteiger partial charge on any atom is 0.0788 e. The quantitative estimate of drug-likeness (QED) is 0.128. The summed E-state index contributed by atoms with van der Waals surface area (Å²) in [6.07, 6.45) is 0. The van der Waals surface area contributed by atoms with Gasteiger partial charge in [0.25, 0.3) is 0 Å². The van der Waals surface area contributed by atoms with E-state index in [4.69, 9.17) is 15.0 Å². The van der Waals surface area contributed by atoms with Crippen molar-refractivity contribution in [3.8, 4) is 79.0 Å². The van der Waals surface area contributed by atoms with Gasteiger partial charge in [-0.15, -0.1) is 0 Å². The predicted octanol–water partition coefficient (Wildman–Crippen LogP) is 35.4. The second-order valence-corrected chi connectivity index (χ2v) is 37.5. The second kappa shape index (κ2) is 33.2. The number of benzene rings is 22. The van der Waals surface area contributed by atoms with Crippen LogP contribution < -0.4 is 0 Å². The molecule has 670 valence electrons. The number of hydrogen-bond acceptors (Lipinski definition) is 3. The summed E-state index contributed by atoms with van der Waals surface area (Å²) in [5.74, 6) is 0. The van der Waals surface area contributed by atoms with Gasteiger partial charge in [-0.05, 0) is 203 Å². The zero-order valence-electron chi connectivity index (χ0n) is 78.1. The molecule has 0 atom stereocenters. The number of aromatic nitrogens is 9. The predicted molar refractivity (Wildman–Crippen MR) is 606 cm³/mol. The smallest absolute Gasteiger partial charge is 0.0788 e. The average Bonchev–Trinajstić information content (AvgIpc) is 1.55. The average molecular weight is 1830 g/mol. The largest absolute Gasteiger partial charge is 0.309 e. The first-order valence-corrected chi connectivity index (χ1v) is 49.3. The second-order valence-electron chi connectivity index (χ2n) is 37.5. The molecule has 0 saturated heterocycles. The summed E-state index contributed by atoms with van der Waals surface area (Å²) >= 11 is 0. The fraction of sp³-hybridized carbons (Fsp3) is 0. The number of para-hydroxylation sites is 12. The normalized spacial score (nSPS) is 11.9. The Morgan fingerprint density at radius 1 is 0.125 bits per heavy atom. The number of nitrogens with zero attached hydrogens (tertiary/aromatic N) is 9. The first-order valence-electron chi connectivity index (χ1n) is 49.3. The molecule has 9 aromatic heterocycles.